The number of hydrogen-bond donors (Lipinski definition) is 2. The van der Waals surface area contributed by atoms with Gasteiger partial charge in [-0.2, -0.15) is 10.2 Å². The van der Waals surface area contributed by atoms with Crippen LogP contribution in [0.3, 0.4) is 0 Å². The van der Waals surface area contributed by atoms with E-state index in [-0.39, 0.29) is 11.8 Å². The summed E-state index contributed by atoms with van der Waals surface area (Å²) in [4.78, 5) is 29.8. The maximum Gasteiger partial charge on any atom is 0.271 e. The van der Waals surface area contributed by atoms with Gasteiger partial charge in [0.2, 0.25) is 5.91 Å². The standard InChI is InChI=1S/C35H39N7O4/c43-34(38-36-25-27-4-1-6-31(22-27)40-14-18-45-19-15-40)8-3-12-42-13-11-29-24-30(9-10-33(29)42)35(44)39-37-26-28-5-2-7-32(23-28)41-16-20-46-21-17-41/h1-2,4-7,9-11,13,22-26H,3,8,12,14-21H2,(H,38,43)(H,39,44)/b36-25+,37-26+. The third-order valence-electron chi connectivity index (χ3n) is 8.11. The number of hydrazone groups is 2. The van der Waals surface area contributed by atoms with Crippen molar-refractivity contribution in [2.24, 2.45) is 10.2 Å². The van der Waals surface area contributed by atoms with Gasteiger partial charge in [0.25, 0.3) is 5.91 Å². The number of hydrogen-bond acceptors (Lipinski definition) is 8. The first-order valence-corrected chi connectivity index (χ1v) is 15.7. The lowest BCUT2D eigenvalue weighted by molar-refractivity contribution is -0.121. The van der Waals surface area contributed by atoms with Gasteiger partial charge in [-0.05, 0) is 66.1 Å². The van der Waals surface area contributed by atoms with Gasteiger partial charge in [-0.1, -0.05) is 24.3 Å². The summed E-state index contributed by atoms with van der Waals surface area (Å²) in [5.41, 5.74) is 10.9. The van der Waals surface area contributed by atoms with Crippen LogP contribution in [0.4, 0.5) is 11.4 Å². The number of carbonyl (C=O) groups is 2. The second-order valence-corrected chi connectivity index (χ2v) is 11.3. The van der Waals surface area contributed by atoms with Gasteiger partial charge in [0.1, 0.15) is 0 Å². The Morgan fingerprint density at radius 3 is 1.98 bits per heavy atom. The molecule has 2 aliphatic heterocycles. The smallest absolute Gasteiger partial charge is 0.271 e. The van der Waals surface area contributed by atoms with E-state index in [2.05, 4.69) is 59.7 Å². The zero-order chi connectivity index (χ0) is 31.6. The van der Waals surface area contributed by atoms with Crippen LogP contribution in [0.1, 0.15) is 34.3 Å². The highest BCUT2D eigenvalue weighted by Crippen LogP contribution is 2.20. The molecule has 2 saturated heterocycles. The number of aromatic nitrogens is 1. The molecule has 0 bridgehead atoms. The quantitative estimate of drug-likeness (QED) is 0.193. The number of amides is 2. The summed E-state index contributed by atoms with van der Waals surface area (Å²) in [6, 6.07) is 23.7. The van der Waals surface area contributed by atoms with Crippen LogP contribution < -0.4 is 20.7 Å². The van der Waals surface area contributed by atoms with E-state index in [1.807, 2.05) is 48.7 Å². The highest BCUT2D eigenvalue weighted by atomic mass is 16.5. The molecular weight excluding hydrogens is 582 g/mol. The van der Waals surface area contributed by atoms with Crippen molar-refractivity contribution in [3.05, 3.63) is 95.7 Å². The highest BCUT2D eigenvalue weighted by molar-refractivity contribution is 5.98. The van der Waals surface area contributed by atoms with Crippen molar-refractivity contribution in [1.82, 2.24) is 15.4 Å². The number of nitrogens with one attached hydrogen (secondary N) is 2. The molecular formula is C35H39N7O4. The van der Waals surface area contributed by atoms with Crippen LogP contribution >= 0.6 is 0 Å². The summed E-state index contributed by atoms with van der Waals surface area (Å²) in [5, 5.41) is 9.28. The van der Waals surface area contributed by atoms with Gasteiger partial charge in [-0.3, -0.25) is 9.59 Å². The van der Waals surface area contributed by atoms with Gasteiger partial charge < -0.3 is 23.8 Å². The predicted octanol–water partition coefficient (Wildman–Crippen LogP) is 4.01. The van der Waals surface area contributed by atoms with Crippen molar-refractivity contribution < 1.29 is 19.1 Å². The Kier molecular flexibility index (Phi) is 10.3. The molecule has 6 rings (SSSR count). The van der Waals surface area contributed by atoms with Gasteiger partial charge in [-0.15, -0.1) is 0 Å². The van der Waals surface area contributed by atoms with E-state index in [0.29, 0.717) is 24.9 Å². The van der Waals surface area contributed by atoms with Crippen molar-refractivity contribution in [3.8, 4) is 0 Å². The highest BCUT2D eigenvalue weighted by Gasteiger charge is 2.13. The fraction of sp³-hybridized carbons (Fsp3) is 0.314. The summed E-state index contributed by atoms with van der Waals surface area (Å²) < 4.78 is 13.0. The number of morpholine rings is 2. The Labute approximate surface area is 268 Å². The lowest BCUT2D eigenvalue weighted by atomic mass is 10.1. The number of carbonyl (C=O) groups excluding carboxylic acids is 2. The second-order valence-electron chi connectivity index (χ2n) is 11.3. The van der Waals surface area contributed by atoms with Crippen molar-refractivity contribution in [1.29, 1.82) is 0 Å². The summed E-state index contributed by atoms with van der Waals surface area (Å²) in [6.45, 7) is 7.03. The molecule has 3 heterocycles. The Morgan fingerprint density at radius 1 is 0.739 bits per heavy atom. The normalized spacial score (nSPS) is 15.6. The predicted molar refractivity (Wildman–Crippen MR) is 181 cm³/mol. The molecule has 11 heteroatoms. The lowest BCUT2D eigenvalue weighted by Crippen LogP contribution is -2.36. The average molecular weight is 622 g/mol. The Balaban J connectivity index is 0.958. The monoisotopic (exact) mass is 621 g/mol. The van der Waals surface area contributed by atoms with Crippen LogP contribution in [0.2, 0.25) is 0 Å². The minimum atomic E-state index is -0.278. The van der Waals surface area contributed by atoms with E-state index in [1.165, 1.54) is 0 Å². The maximum atomic E-state index is 12.8. The molecule has 0 aliphatic carbocycles. The molecule has 46 heavy (non-hydrogen) atoms. The molecule has 0 atom stereocenters. The number of fused-ring (bicyclic) bond motifs is 1. The molecule has 11 nitrogen and oxygen atoms in total. The molecule has 2 aliphatic rings. The van der Waals surface area contributed by atoms with Gasteiger partial charge in [0.05, 0.1) is 38.9 Å². The molecule has 2 fully saturated rings. The largest absolute Gasteiger partial charge is 0.378 e. The first-order chi connectivity index (χ1) is 22.6. The number of nitrogens with zero attached hydrogens (tertiary/aromatic N) is 5. The second kappa shape index (κ2) is 15.3. The van der Waals surface area contributed by atoms with Crippen LogP contribution in [0.25, 0.3) is 10.9 Å². The zero-order valence-electron chi connectivity index (χ0n) is 25.8. The molecule has 238 valence electrons. The molecule has 2 amide bonds. The minimum absolute atomic E-state index is 0.135. The van der Waals surface area contributed by atoms with Gasteiger partial charge in [0.15, 0.2) is 0 Å². The summed E-state index contributed by atoms with van der Waals surface area (Å²) in [5.74, 6) is -0.412. The Morgan fingerprint density at radius 2 is 1.35 bits per heavy atom. The molecule has 4 aromatic rings. The SMILES string of the molecule is O=C(CCCn1ccc2cc(C(=O)N/N=C/c3cccc(N4CCOCC4)c3)ccc21)N/N=C/c1cccc(N2CCOCC2)c1. The van der Waals surface area contributed by atoms with Crippen molar-refractivity contribution in [2.45, 2.75) is 19.4 Å². The van der Waals surface area contributed by atoms with E-state index in [4.69, 9.17) is 9.47 Å². The average Bonchev–Trinajstić information content (AvgIpc) is 3.51. The lowest BCUT2D eigenvalue weighted by Gasteiger charge is -2.29. The maximum absolute atomic E-state index is 12.8. The van der Waals surface area contributed by atoms with Crippen molar-refractivity contribution in [2.75, 3.05) is 62.4 Å². The van der Waals surface area contributed by atoms with E-state index in [9.17, 15) is 9.59 Å². The van der Waals surface area contributed by atoms with Gasteiger partial charge in [-0.25, -0.2) is 10.9 Å². The number of anilines is 2. The number of benzene rings is 3. The summed E-state index contributed by atoms with van der Waals surface area (Å²) >= 11 is 0. The van der Waals surface area contributed by atoms with Crippen LogP contribution in [0, 0.1) is 0 Å². The van der Waals surface area contributed by atoms with Crippen molar-refractivity contribution >= 4 is 46.5 Å². The fourth-order valence-electron chi connectivity index (χ4n) is 5.66. The summed E-state index contributed by atoms with van der Waals surface area (Å²) in [7, 11) is 0. The van der Waals surface area contributed by atoms with E-state index in [1.54, 1.807) is 18.5 Å². The minimum Gasteiger partial charge on any atom is -0.378 e. The molecule has 0 unspecified atom stereocenters. The van der Waals surface area contributed by atoms with Crippen LogP contribution in [-0.2, 0) is 20.8 Å². The molecule has 3 aromatic carbocycles. The topological polar surface area (TPSA) is 113 Å². The van der Waals surface area contributed by atoms with E-state index < -0.39 is 0 Å². The van der Waals surface area contributed by atoms with E-state index in [0.717, 1.165) is 86.0 Å². The molecule has 1 aromatic heterocycles. The number of ether oxygens (including phenoxy) is 2. The van der Waals surface area contributed by atoms with Crippen molar-refractivity contribution in [3.63, 3.8) is 0 Å². The molecule has 0 radical (unpaired) electrons. The molecule has 2 N–H and O–H groups in total. The Bertz CT molecular complexity index is 1700. The summed E-state index contributed by atoms with van der Waals surface area (Å²) in [6.07, 6.45) is 6.30. The van der Waals surface area contributed by atoms with Crippen LogP contribution in [0.15, 0.2) is 89.2 Å². The van der Waals surface area contributed by atoms with E-state index >= 15 is 0 Å². The first-order valence-electron chi connectivity index (χ1n) is 15.7. The number of aryl methyl sites for hydroxylation is 1. The zero-order valence-corrected chi connectivity index (χ0v) is 25.8. The molecule has 0 spiro atoms. The number of rotatable bonds is 11. The van der Waals surface area contributed by atoms with Crippen LogP contribution in [0.5, 0.6) is 0 Å². The first kappa shape index (κ1) is 31.0. The van der Waals surface area contributed by atoms with Gasteiger partial charge >= 0.3 is 0 Å². The fourth-order valence-corrected chi connectivity index (χ4v) is 5.66. The van der Waals surface area contributed by atoms with Gasteiger partial charge in [0, 0.05) is 73.2 Å². The third-order valence-corrected chi connectivity index (χ3v) is 8.11. The third kappa shape index (κ3) is 8.17. The van der Waals surface area contributed by atoms with Crippen LogP contribution in [-0.4, -0.2) is 81.4 Å². The molecule has 0 saturated carbocycles. The Hall–Kier alpha value is -5.00.